The molecule has 0 aliphatic heterocycles. The van der Waals surface area contributed by atoms with Crippen LogP contribution in [0.25, 0.3) is 0 Å². The van der Waals surface area contributed by atoms with E-state index < -0.39 is 0 Å². The monoisotopic (exact) mass is 237 g/mol. The fourth-order valence-corrected chi connectivity index (χ4v) is 1.79. The fourth-order valence-electron chi connectivity index (χ4n) is 1.36. The summed E-state index contributed by atoms with van der Waals surface area (Å²) in [5.41, 5.74) is 0.0954. The van der Waals surface area contributed by atoms with E-state index in [1.807, 2.05) is 6.08 Å². The molecule has 1 nitrogen and oxygen atoms in total. The Morgan fingerprint density at radius 2 is 1.71 bits per heavy atom. The van der Waals surface area contributed by atoms with Gasteiger partial charge in [-0.3, -0.25) is 4.90 Å². The summed E-state index contributed by atoms with van der Waals surface area (Å²) in [5, 5.41) is 0. The number of nitrogens with zero attached hydrogens (tertiary/aromatic N) is 1. The Morgan fingerprint density at radius 1 is 1.29 bits per heavy atom. The lowest BCUT2D eigenvalue weighted by molar-refractivity contribution is 0.146. The highest BCUT2D eigenvalue weighted by Crippen LogP contribution is 2.25. The number of alkyl halides is 2. The topological polar surface area (TPSA) is 3.24 Å². The average molecular weight is 238 g/mol. The maximum atomic E-state index is 5.76. The van der Waals surface area contributed by atoms with Gasteiger partial charge >= 0.3 is 0 Å². The molecule has 1 atom stereocenters. The van der Waals surface area contributed by atoms with Crippen LogP contribution in [0.1, 0.15) is 20.8 Å². The molecule has 0 saturated carbocycles. The summed E-state index contributed by atoms with van der Waals surface area (Å²) in [6.07, 6.45) is 1.99. The highest BCUT2D eigenvalue weighted by molar-refractivity contribution is 6.18. The molecular weight excluding hydrogens is 217 g/mol. The van der Waals surface area contributed by atoms with E-state index in [0.717, 1.165) is 13.1 Å². The predicted molar refractivity (Wildman–Crippen MR) is 66.5 cm³/mol. The van der Waals surface area contributed by atoms with Gasteiger partial charge in [0.1, 0.15) is 0 Å². The molecule has 0 radical (unpaired) electrons. The fraction of sp³-hybridized carbons (Fsp3) is 0.818. The van der Waals surface area contributed by atoms with Gasteiger partial charge in [-0.15, -0.1) is 29.8 Å². The zero-order valence-electron chi connectivity index (χ0n) is 9.39. The molecule has 14 heavy (non-hydrogen) atoms. The molecule has 0 amide bonds. The zero-order chi connectivity index (χ0) is 11.2. The van der Waals surface area contributed by atoms with Crippen molar-refractivity contribution in [3.05, 3.63) is 12.7 Å². The molecule has 0 N–H and O–H groups in total. The van der Waals surface area contributed by atoms with Gasteiger partial charge in [0.25, 0.3) is 0 Å². The normalized spacial score (nSPS) is 14.4. The Hall–Kier alpha value is 0.280. The van der Waals surface area contributed by atoms with Crippen molar-refractivity contribution in [2.75, 3.05) is 24.8 Å². The van der Waals surface area contributed by atoms with Crippen LogP contribution in [0.4, 0.5) is 0 Å². The Bertz CT molecular complexity index is 163. The van der Waals surface area contributed by atoms with Crippen molar-refractivity contribution >= 4 is 23.2 Å². The van der Waals surface area contributed by atoms with E-state index in [1.54, 1.807) is 0 Å². The second-order valence-electron chi connectivity index (χ2n) is 4.12. The van der Waals surface area contributed by atoms with Gasteiger partial charge in [0, 0.05) is 30.9 Å². The second kappa shape index (κ2) is 6.71. The Labute approximate surface area is 98.1 Å². The van der Waals surface area contributed by atoms with Crippen molar-refractivity contribution in [3.63, 3.8) is 0 Å². The standard InChI is InChI=1S/C11H21Cl2N/c1-5-11(3,4)10(2)14(8-6-12)9-7-13/h5,10H,1,6-9H2,2-4H3. The number of rotatable bonds is 7. The van der Waals surface area contributed by atoms with Crippen LogP contribution in [-0.4, -0.2) is 35.8 Å². The van der Waals surface area contributed by atoms with E-state index in [9.17, 15) is 0 Å². The Kier molecular flexibility index (Phi) is 6.84. The first-order valence-electron chi connectivity index (χ1n) is 4.99. The molecule has 0 aromatic rings. The lowest BCUT2D eigenvalue weighted by Gasteiger charge is -2.37. The van der Waals surface area contributed by atoms with Crippen LogP contribution in [0.15, 0.2) is 12.7 Å². The molecule has 0 heterocycles. The van der Waals surface area contributed by atoms with Crippen molar-refractivity contribution in [3.8, 4) is 0 Å². The van der Waals surface area contributed by atoms with Gasteiger partial charge in [-0.25, -0.2) is 0 Å². The van der Waals surface area contributed by atoms with Crippen molar-refractivity contribution in [1.82, 2.24) is 4.90 Å². The van der Waals surface area contributed by atoms with E-state index >= 15 is 0 Å². The van der Waals surface area contributed by atoms with Crippen LogP contribution in [0.5, 0.6) is 0 Å². The minimum atomic E-state index is 0.0954. The second-order valence-corrected chi connectivity index (χ2v) is 4.87. The van der Waals surface area contributed by atoms with Gasteiger partial charge in [0.15, 0.2) is 0 Å². The third-order valence-electron chi connectivity index (χ3n) is 2.89. The number of halogens is 2. The highest BCUT2D eigenvalue weighted by Gasteiger charge is 2.26. The highest BCUT2D eigenvalue weighted by atomic mass is 35.5. The molecule has 0 bridgehead atoms. The van der Waals surface area contributed by atoms with Gasteiger partial charge in [0.2, 0.25) is 0 Å². The van der Waals surface area contributed by atoms with Gasteiger partial charge in [-0.1, -0.05) is 19.9 Å². The lowest BCUT2D eigenvalue weighted by Crippen LogP contribution is -2.44. The van der Waals surface area contributed by atoms with E-state index in [-0.39, 0.29) is 5.41 Å². The molecule has 0 aromatic heterocycles. The average Bonchev–Trinajstić information content (AvgIpc) is 2.16. The molecule has 84 valence electrons. The molecule has 0 aliphatic rings. The van der Waals surface area contributed by atoms with Crippen molar-refractivity contribution < 1.29 is 0 Å². The van der Waals surface area contributed by atoms with Gasteiger partial charge < -0.3 is 0 Å². The minimum absolute atomic E-state index is 0.0954. The summed E-state index contributed by atoms with van der Waals surface area (Å²) in [4.78, 5) is 2.31. The van der Waals surface area contributed by atoms with Crippen LogP contribution in [0, 0.1) is 5.41 Å². The van der Waals surface area contributed by atoms with Gasteiger partial charge in [-0.05, 0) is 12.3 Å². The molecule has 3 heteroatoms. The van der Waals surface area contributed by atoms with Gasteiger partial charge in [-0.2, -0.15) is 0 Å². The first kappa shape index (κ1) is 14.3. The number of hydrogen-bond donors (Lipinski definition) is 0. The largest absolute Gasteiger partial charge is 0.297 e. The number of hydrogen-bond acceptors (Lipinski definition) is 1. The molecule has 0 aliphatic carbocycles. The predicted octanol–water partition coefficient (Wildman–Crippen LogP) is 3.37. The van der Waals surface area contributed by atoms with Crippen LogP contribution in [-0.2, 0) is 0 Å². The zero-order valence-corrected chi connectivity index (χ0v) is 10.9. The lowest BCUT2D eigenvalue weighted by atomic mass is 9.84. The summed E-state index contributed by atoms with van der Waals surface area (Å²) in [5.74, 6) is 1.29. The van der Waals surface area contributed by atoms with E-state index in [2.05, 4.69) is 32.3 Å². The Balaban J connectivity index is 4.40. The van der Waals surface area contributed by atoms with E-state index in [0.29, 0.717) is 17.8 Å². The first-order chi connectivity index (χ1) is 6.49. The smallest absolute Gasteiger partial charge is 0.0351 e. The Morgan fingerprint density at radius 3 is 2.00 bits per heavy atom. The van der Waals surface area contributed by atoms with Crippen LogP contribution in [0.3, 0.4) is 0 Å². The third-order valence-corrected chi connectivity index (χ3v) is 3.23. The van der Waals surface area contributed by atoms with Crippen LogP contribution in [0.2, 0.25) is 0 Å². The SMILES string of the molecule is C=CC(C)(C)C(C)N(CCCl)CCCl. The third kappa shape index (κ3) is 4.20. The molecule has 0 rings (SSSR count). The van der Waals surface area contributed by atoms with Crippen molar-refractivity contribution in [2.45, 2.75) is 26.8 Å². The first-order valence-corrected chi connectivity index (χ1v) is 6.06. The summed E-state index contributed by atoms with van der Waals surface area (Å²) < 4.78 is 0. The summed E-state index contributed by atoms with van der Waals surface area (Å²) >= 11 is 11.5. The van der Waals surface area contributed by atoms with E-state index in [4.69, 9.17) is 23.2 Å². The summed E-state index contributed by atoms with van der Waals surface area (Å²) in [6, 6.07) is 0.414. The maximum Gasteiger partial charge on any atom is 0.0351 e. The van der Waals surface area contributed by atoms with Crippen molar-refractivity contribution in [1.29, 1.82) is 0 Å². The quantitative estimate of drug-likeness (QED) is 0.485. The molecule has 0 saturated heterocycles. The molecular formula is C11H21Cl2N. The summed E-state index contributed by atoms with van der Waals surface area (Å²) in [6.45, 7) is 12.2. The molecule has 0 spiro atoms. The van der Waals surface area contributed by atoms with Gasteiger partial charge in [0.05, 0.1) is 0 Å². The van der Waals surface area contributed by atoms with Crippen LogP contribution < -0.4 is 0 Å². The summed E-state index contributed by atoms with van der Waals surface area (Å²) in [7, 11) is 0. The molecule has 1 unspecified atom stereocenters. The van der Waals surface area contributed by atoms with Crippen molar-refractivity contribution in [2.24, 2.45) is 5.41 Å². The van der Waals surface area contributed by atoms with Crippen LogP contribution >= 0.6 is 23.2 Å². The maximum absolute atomic E-state index is 5.76. The molecule has 0 aromatic carbocycles. The van der Waals surface area contributed by atoms with E-state index in [1.165, 1.54) is 0 Å². The molecule has 0 fully saturated rings. The minimum Gasteiger partial charge on any atom is -0.297 e.